The van der Waals surface area contributed by atoms with E-state index in [1.807, 2.05) is 42.2 Å². The van der Waals surface area contributed by atoms with Crippen molar-refractivity contribution in [3.05, 3.63) is 60.3 Å². The standard InChI is InChI=1S/C30H38N2O4S/c1-35-25-7-10-27(11-8-25)37-19-18-32-17-15-22(24(21-32)6-13-30(33)34)4-3-5-23-14-16-31-29-12-9-26(36-2)20-28(23)29/h7-12,14,16,20,22,24H,3-6,13,15,17-19,21H2,1-2H3,(H,33,34). The van der Waals surface area contributed by atoms with Gasteiger partial charge in [-0.3, -0.25) is 9.78 Å². The van der Waals surface area contributed by atoms with Gasteiger partial charge >= 0.3 is 5.97 Å². The number of benzene rings is 2. The Morgan fingerprint density at radius 2 is 1.84 bits per heavy atom. The second kappa shape index (κ2) is 13.7. The average Bonchev–Trinajstić information content (AvgIpc) is 2.93. The van der Waals surface area contributed by atoms with Crippen LogP contribution in [0.15, 0.2) is 59.6 Å². The highest BCUT2D eigenvalue weighted by molar-refractivity contribution is 7.99. The van der Waals surface area contributed by atoms with Gasteiger partial charge < -0.3 is 19.5 Å². The molecule has 3 aromatic rings. The molecule has 0 spiro atoms. The van der Waals surface area contributed by atoms with Gasteiger partial charge in [0.1, 0.15) is 11.5 Å². The first-order chi connectivity index (χ1) is 18.1. The SMILES string of the molecule is COc1ccc(SCCN2CCC(CCCc3ccnc4ccc(OC)cc34)C(CCC(=O)O)C2)cc1. The number of piperidine rings is 1. The van der Waals surface area contributed by atoms with Crippen LogP contribution in [-0.2, 0) is 11.2 Å². The molecule has 2 atom stereocenters. The molecule has 198 valence electrons. The Balaban J connectivity index is 1.30. The summed E-state index contributed by atoms with van der Waals surface area (Å²) in [7, 11) is 3.38. The van der Waals surface area contributed by atoms with Crippen LogP contribution >= 0.6 is 11.8 Å². The largest absolute Gasteiger partial charge is 0.497 e. The molecule has 7 heteroatoms. The third-order valence-electron chi connectivity index (χ3n) is 7.50. The number of ether oxygens (including phenoxy) is 2. The Hall–Kier alpha value is -2.77. The van der Waals surface area contributed by atoms with E-state index in [9.17, 15) is 9.90 Å². The first-order valence-electron chi connectivity index (χ1n) is 13.2. The van der Waals surface area contributed by atoms with Crippen LogP contribution in [-0.4, -0.2) is 60.6 Å². The molecule has 1 aromatic heterocycles. The molecule has 1 N–H and O–H groups in total. The van der Waals surface area contributed by atoms with Gasteiger partial charge in [-0.05, 0) is 105 Å². The van der Waals surface area contributed by atoms with Gasteiger partial charge in [-0.25, -0.2) is 0 Å². The number of pyridine rings is 1. The third kappa shape index (κ3) is 7.86. The maximum atomic E-state index is 11.3. The number of carboxylic acid groups (broad SMARTS) is 1. The fraction of sp³-hybridized carbons (Fsp3) is 0.467. The van der Waals surface area contributed by atoms with Gasteiger partial charge in [-0.1, -0.05) is 0 Å². The molecule has 0 bridgehead atoms. The van der Waals surface area contributed by atoms with E-state index < -0.39 is 5.97 Å². The number of rotatable bonds is 13. The lowest BCUT2D eigenvalue weighted by atomic mass is 9.79. The van der Waals surface area contributed by atoms with Crippen molar-refractivity contribution in [2.75, 3.05) is 39.6 Å². The van der Waals surface area contributed by atoms with E-state index in [2.05, 4.69) is 34.1 Å². The van der Waals surface area contributed by atoms with Crippen LogP contribution in [0, 0.1) is 11.8 Å². The minimum Gasteiger partial charge on any atom is -0.497 e. The second-order valence-corrected chi connectivity index (χ2v) is 11.0. The maximum absolute atomic E-state index is 11.3. The van der Waals surface area contributed by atoms with Crippen molar-refractivity contribution in [1.29, 1.82) is 0 Å². The Bertz CT molecular complexity index is 1150. The van der Waals surface area contributed by atoms with Gasteiger partial charge in [0.15, 0.2) is 0 Å². The zero-order valence-corrected chi connectivity index (χ0v) is 22.7. The summed E-state index contributed by atoms with van der Waals surface area (Å²) in [5.41, 5.74) is 2.30. The zero-order valence-electron chi connectivity index (χ0n) is 21.9. The fourth-order valence-corrected chi connectivity index (χ4v) is 6.34. The van der Waals surface area contributed by atoms with Crippen molar-refractivity contribution < 1.29 is 19.4 Å². The predicted molar refractivity (Wildman–Crippen MR) is 150 cm³/mol. The van der Waals surface area contributed by atoms with E-state index in [1.54, 1.807) is 14.2 Å². The molecule has 1 saturated heterocycles. The lowest BCUT2D eigenvalue weighted by Crippen LogP contribution is -2.41. The van der Waals surface area contributed by atoms with E-state index in [-0.39, 0.29) is 6.42 Å². The smallest absolute Gasteiger partial charge is 0.303 e. The summed E-state index contributed by atoms with van der Waals surface area (Å²) in [6.07, 6.45) is 7.27. The Labute approximate surface area is 224 Å². The van der Waals surface area contributed by atoms with Crippen molar-refractivity contribution >= 4 is 28.6 Å². The van der Waals surface area contributed by atoms with Gasteiger partial charge in [0.05, 0.1) is 19.7 Å². The summed E-state index contributed by atoms with van der Waals surface area (Å²) in [5, 5.41) is 10.5. The van der Waals surface area contributed by atoms with Crippen molar-refractivity contribution in [2.24, 2.45) is 11.8 Å². The molecule has 1 aliphatic rings. The number of methoxy groups -OCH3 is 2. The Morgan fingerprint density at radius 1 is 1.05 bits per heavy atom. The van der Waals surface area contributed by atoms with Crippen LogP contribution in [0.25, 0.3) is 10.9 Å². The van der Waals surface area contributed by atoms with Gasteiger partial charge in [-0.15, -0.1) is 11.8 Å². The summed E-state index contributed by atoms with van der Waals surface area (Å²) in [4.78, 5) is 19.6. The van der Waals surface area contributed by atoms with Crippen molar-refractivity contribution in [3.63, 3.8) is 0 Å². The van der Waals surface area contributed by atoms with Gasteiger partial charge in [0.25, 0.3) is 0 Å². The lowest BCUT2D eigenvalue weighted by Gasteiger charge is -2.39. The first-order valence-corrected chi connectivity index (χ1v) is 14.2. The Kier molecular flexibility index (Phi) is 10.1. The number of carboxylic acids is 1. The zero-order chi connectivity index (χ0) is 26.0. The Morgan fingerprint density at radius 3 is 2.59 bits per heavy atom. The maximum Gasteiger partial charge on any atom is 0.303 e. The number of hydrogen-bond donors (Lipinski definition) is 1. The highest BCUT2D eigenvalue weighted by Crippen LogP contribution is 2.33. The molecule has 2 aromatic carbocycles. The van der Waals surface area contributed by atoms with E-state index in [0.29, 0.717) is 11.8 Å². The average molecular weight is 523 g/mol. The van der Waals surface area contributed by atoms with E-state index in [1.165, 1.54) is 10.5 Å². The summed E-state index contributed by atoms with van der Waals surface area (Å²) in [6, 6.07) is 16.4. The van der Waals surface area contributed by atoms with Crippen molar-refractivity contribution in [3.8, 4) is 11.5 Å². The second-order valence-electron chi connectivity index (χ2n) is 9.81. The molecular formula is C30H38N2O4S. The van der Waals surface area contributed by atoms with Crippen LogP contribution in [0.4, 0.5) is 0 Å². The normalized spacial score (nSPS) is 18.1. The number of carbonyl (C=O) groups is 1. The molecule has 6 nitrogen and oxygen atoms in total. The molecule has 2 heterocycles. The number of thioether (sulfide) groups is 1. The number of fused-ring (bicyclic) bond motifs is 1. The molecule has 1 aliphatic heterocycles. The summed E-state index contributed by atoms with van der Waals surface area (Å²) in [6.45, 7) is 3.11. The van der Waals surface area contributed by atoms with Crippen molar-refractivity contribution in [1.82, 2.24) is 9.88 Å². The monoisotopic (exact) mass is 522 g/mol. The summed E-state index contributed by atoms with van der Waals surface area (Å²) >= 11 is 1.86. The van der Waals surface area contributed by atoms with Gasteiger partial charge in [0, 0.05) is 41.7 Å². The topological polar surface area (TPSA) is 71.9 Å². The van der Waals surface area contributed by atoms with Gasteiger partial charge in [0.2, 0.25) is 0 Å². The highest BCUT2D eigenvalue weighted by atomic mass is 32.2. The van der Waals surface area contributed by atoms with Crippen LogP contribution in [0.3, 0.4) is 0 Å². The van der Waals surface area contributed by atoms with Crippen LogP contribution in [0.1, 0.15) is 37.7 Å². The fourth-order valence-electron chi connectivity index (χ4n) is 5.42. The van der Waals surface area contributed by atoms with Crippen LogP contribution < -0.4 is 9.47 Å². The quantitative estimate of drug-likeness (QED) is 0.269. The van der Waals surface area contributed by atoms with Crippen LogP contribution in [0.2, 0.25) is 0 Å². The van der Waals surface area contributed by atoms with Crippen LogP contribution in [0.5, 0.6) is 11.5 Å². The molecule has 37 heavy (non-hydrogen) atoms. The van der Waals surface area contributed by atoms with E-state index >= 15 is 0 Å². The molecule has 2 unspecified atom stereocenters. The number of nitrogens with zero attached hydrogens (tertiary/aromatic N) is 2. The minimum atomic E-state index is -0.692. The lowest BCUT2D eigenvalue weighted by molar-refractivity contribution is -0.137. The number of aryl methyl sites for hydroxylation is 1. The van der Waals surface area contributed by atoms with E-state index in [0.717, 1.165) is 79.9 Å². The summed E-state index contributed by atoms with van der Waals surface area (Å²) < 4.78 is 10.7. The van der Waals surface area contributed by atoms with Gasteiger partial charge in [-0.2, -0.15) is 0 Å². The summed E-state index contributed by atoms with van der Waals surface area (Å²) in [5.74, 6) is 3.08. The third-order valence-corrected chi connectivity index (χ3v) is 8.49. The van der Waals surface area contributed by atoms with Crippen molar-refractivity contribution in [2.45, 2.75) is 43.4 Å². The number of hydrogen-bond acceptors (Lipinski definition) is 6. The first kappa shape index (κ1) is 27.3. The molecule has 0 radical (unpaired) electrons. The number of aliphatic carboxylic acids is 1. The number of likely N-dealkylation sites (tertiary alicyclic amines) is 1. The predicted octanol–water partition coefficient (Wildman–Crippen LogP) is 6.17. The molecule has 1 fully saturated rings. The van der Waals surface area contributed by atoms with E-state index in [4.69, 9.17) is 9.47 Å². The minimum absolute atomic E-state index is 0.254. The highest BCUT2D eigenvalue weighted by Gasteiger charge is 2.29. The molecule has 0 saturated carbocycles. The molecular weight excluding hydrogens is 484 g/mol. The number of aromatic nitrogens is 1. The molecule has 0 amide bonds. The molecule has 4 rings (SSSR count). The molecule has 0 aliphatic carbocycles.